The van der Waals surface area contributed by atoms with Gasteiger partial charge in [-0.15, -0.1) is 0 Å². The van der Waals surface area contributed by atoms with Crippen LogP contribution < -0.4 is 5.46 Å². The monoisotopic (exact) mass is 315 g/mol. The molecule has 1 aromatic heterocycles. The van der Waals surface area contributed by atoms with Crippen molar-refractivity contribution in [3.05, 3.63) is 27.9 Å². The zero-order valence-electron chi connectivity index (χ0n) is 10.9. The second kappa shape index (κ2) is 5.11. The second-order valence-electron chi connectivity index (χ2n) is 5.13. The van der Waals surface area contributed by atoms with Crippen molar-refractivity contribution in [2.75, 3.05) is 13.1 Å². The molecule has 96 valence electrons. The highest BCUT2D eigenvalue weighted by atomic mass is 79.9. The molecule has 0 saturated carbocycles. The quantitative estimate of drug-likeness (QED) is 0.619. The van der Waals surface area contributed by atoms with E-state index in [0.29, 0.717) is 6.04 Å². The minimum absolute atomic E-state index is 0.105. The van der Waals surface area contributed by atoms with Crippen LogP contribution in [0.4, 0.5) is 0 Å². The summed E-state index contributed by atoms with van der Waals surface area (Å²) >= 11 is 3.40. The molecule has 1 fully saturated rings. The van der Waals surface area contributed by atoms with Gasteiger partial charge in [-0.1, -0.05) is 18.5 Å². The summed E-state index contributed by atoms with van der Waals surface area (Å²) in [5, 5.41) is 9.55. The number of hydrogen-bond acceptors (Lipinski definition) is 3. The Bertz CT molecular complexity index is 579. The topological polar surface area (TPSA) is 39.9 Å². The summed E-state index contributed by atoms with van der Waals surface area (Å²) in [5.41, 5.74) is 3.46. The lowest BCUT2D eigenvalue weighted by Crippen LogP contribution is -2.39. The number of aromatic nitrogens is 1. The van der Waals surface area contributed by atoms with E-state index in [1.165, 1.54) is 18.3 Å². The Balaban J connectivity index is 1.99. The number of likely N-dealkylation sites (tertiary alicyclic amines) is 1. The molecule has 1 aromatic rings. The zero-order valence-corrected chi connectivity index (χ0v) is 12.5. The van der Waals surface area contributed by atoms with Crippen LogP contribution in [0.2, 0.25) is 0 Å². The predicted octanol–water partition coefficient (Wildman–Crippen LogP) is 2.03. The first kappa shape index (κ1) is 12.9. The van der Waals surface area contributed by atoms with E-state index in [9.17, 15) is 5.26 Å². The normalized spacial score (nSPS) is 22.3. The van der Waals surface area contributed by atoms with Crippen LogP contribution in [0, 0.1) is 11.2 Å². The van der Waals surface area contributed by atoms with Crippen molar-refractivity contribution >= 4 is 34.2 Å². The molecular formula is C14H15BBrN3. The number of fused-ring (bicyclic) bond motifs is 1. The van der Waals surface area contributed by atoms with Gasteiger partial charge in [-0.25, -0.2) is 10.2 Å². The summed E-state index contributed by atoms with van der Waals surface area (Å²) in [6, 6.07) is 2.42. The third-order valence-electron chi connectivity index (χ3n) is 4.19. The summed E-state index contributed by atoms with van der Waals surface area (Å²) in [6.07, 6.45) is 6.44. The lowest BCUT2D eigenvalue weighted by molar-refractivity contribution is 0.303. The van der Waals surface area contributed by atoms with Crippen molar-refractivity contribution in [2.45, 2.75) is 25.8 Å². The van der Waals surface area contributed by atoms with Gasteiger partial charge >= 0.3 is 6.71 Å². The summed E-state index contributed by atoms with van der Waals surface area (Å²) in [7, 11) is 0. The molecule has 0 N–H and O–H groups in total. The number of likely N-dealkylation sites (N-methyl/N-ethyl adjacent to an activating group) is 1. The fourth-order valence-electron chi connectivity index (χ4n) is 3.28. The van der Waals surface area contributed by atoms with E-state index < -0.39 is 0 Å². The number of halogens is 1. The second-order valence-corrected chi connectivity index (χ2v) is 5.94. The summed E-state index contributed by atoms with van der Waals surface area (Å²) in [4.78, 5) is 6.75. The molecule has 1 unspecified atom stereocenters. The molecule has 0 spiro atoms. The summed E-state index contributed by atoms with van der Waals surface area (Å²) in [6.45, 7) is 4.29. The van der Waals surface area contributed by atoms with Gasteiger partial charge in [0.15, 0.2) is 0 Å². The molecule has 19 heavy (non-hydrogen) atoms. The van der Waals surface area contributed by atoms with Crippen molar-refractivity contribution in [1.82, 2.24) is 9.88 Å². The van der Waals surface area contributed by atoms with E-state index in [4.69, 9.17) is 0 Å². The van der Waals surface area contributed by atoms with Crippen molar-refractivity contribution in [1.29, 1.82) is 5.26 Å². The first-order valence-electron chi connectivity index (χ1n) is 6.75. The molecule has 3 heterocycles. The fourth-order valence-corrected chi connectivity index (χ4v) is 3.63. The molecule has 0 amide bonds. The number of nitriles is 1. The van der Waals surface area contributed by atoms with Gasteiger partial charge < -0.3 is 0 Å². The number of rotatable bonds is 2. The average molecular weight is 316 g/mol. The number of pyridine rings is 1. The Labute approximate surface area is 122 Å². The first-order chi connectivity index (χ1) is 9.24. The maximum Gasteiger partial charge on any atom is 0.330 e. The molecule has 0 radical (unpaired) electrons. The maximum absolute atomic E-state index is 9.55. The summed E-state index contributed by atoms with van der Waals surface area (Å²) in [5.74, 6) is 2.48. The van der Waals surface area contributed by atoms with E-state index in [1.54, 1.807) is 0 Å². The fraction of sp³-hybridized carbons (Fsp3) is 0.429. The van der Waals surface area contributed by atoms with Gasteiger partial charge in [0, 0.05) is 18.2 Å². The largest absolute Gasteiger partial charge is 0.330 e. The molecule has 0 bridgehead atoms. The van der Waals surface area contributed by atoms with Crippen LogP contribution in [-0.4, -0.2) is 35.7 Å². The molecule has 1 atom stereocenters. The Kier molecular flexibility index (Phi) is 3.47. The zero-order chi connectivity index (χ0) is 13.4. The highest BCUT2D eigenvalue weighted by Gasteiger charge is 2.38. The average Bonchev–Trinajstić information content (AvgIpc) is 3.00. The third kappa shape index (κ3) is 2.13. The SMILES string of the molecule is CCN1CCCC1C1=Cc2cnc(Br)cc2B1C#N. The standard InChI is InChI=1S/C14H15BBrN3/c1-2-19-5-3-4-13(19)12-6-10-8-18-14(16)7-11(10)15(12)9-17/h6-8,13H,2-5H2,1H3. The van der Waals surface area contributed by atoms with Crippen molar-refractivity contribution in [2.24, 2.45) is 0 Å². The molecule has 3 rings (SSSR count). The van der Waals surface area contributed by atoms with E-state index in [1.807, 2.05) is 12.3 Å². The van der Waals surface area contributed by atoms with Crippen molar-refractivity contribution in [3.8, 4) is 5.97 Å². The molecule has 0 aliphatic carbocycles. The van der Waals surface area contributed by atoms with Crippen LogP contribution in [0.1, 0.15) is 25.3 Å². The Morgan fingerprint density at radius 2 is 2.47 bits per heavy atom. The Morgan fingerprint density at radius 1 is 1.63 bits per heavy atom. The Hall–Kier alpha value is -1.12. The molecular weight excluding hydrogens is 301 g/mol. The minimum Gasteiger partial charge on any atom is -0.298 e. The van der Waals surface area contributed by atoms with Crippen molar-refractivity contribution in [3.63, 3.8) is 0 Å². The third-order valence-corrected chi connectivity index (χ3v) is 4.62. The predicted molar refractivity (Wildman–Crippen MR) is 81.2 cm³/mol. The van der Waals surface area contributed by atoms with Crippen molar-refractivity contribution < 1.29 is 0 Å². The Morgan fingerprint density at radius 3 is 3.21 bits per heavy atom. The smallest absolute Gasteiger partial charge is 0.298 e. The van der Waals surface area contributed by atoms with Crippen LogP contribution in [0.15, 0.2) is 22.3 Å². The molecule has 1 saturated heterocycles. The number of hydrogen-bond donors (Lipinski definition) is 0. The van der Waals surface area contributed by atoms with Gasteiger partial charge in [0.25, 0.3) is 0 Å². The van der Waals surface area contributed by atoms with Gasteiger partial charge in [0.2, 0.25) is 0 Å². The van der Waals surface area contributed by atoms with E-state index in [2.05, 4.69) is 44.8 Å². The molecule has 5 heteroatoms. The van der Waals surface area contributed by atoms with Crippen LogP contribution in [0.3, 0.4) is 0 Å². The minimum atomic E-state index is -0.105. The van der Waals surface area contributed by atoms with E-state index in [-0.39, 0.29) is 6.71 Å². The molecule has 0 aromatic carbocycles. The van der Waals surface area contributed by atoms with Gasteiger partial charge in [-0.2, -0.15) is 0 Å². The van der Waals surface area contributed by atoms with Gasteiger partial charge in [-0.3, -0.25) is 4.90 Å². The van der Waals surface area contributed by atoms with Gasteiger partial charge in [0.05, 0.1) is 0 Å². The number of nitrogens with zero attached hydrogens (tertiary/aromatic N) is 3. The van der Waals surface area contributed by atoms with Crippen LogP contribution in [-0.2, 0) is 0 Å². The maximum atomic E-state index is 9.55. The highest BCUT2D eigenvalue weighted by molar-refractivity contribution is 9.10. The highest BCUT2D eigenvalue weighted by Crippen LogP contribution is 2.30. The van der Waals surface area contributed by atoms with E-state index in [0.717, 1.165) is 28.7 Å². The van der Waals surface area contributed by atoms with Gasteiger partial charge in [-0.05, 0) is 59.0 Å². The van der Waals surface area contributed by atoms with E-state index >= 15 is 0 Å². The van der Waals surface area contributed by atoms with Gasteiger partial charge in [0.1, 0.15) is 4.60 Å². The molecule has 2 aliphatic heterocycles. The lowest BCUT2D eigenvalue weighted by Gasteiger charge is -2.25. The lowest BCUT2D eigenvalue weighted by atomic mass is 9.42. The molecule has 2 aliphatic rings. The molecule has 3 nitrogen and oxygen atoms in total. The first-order valence-corrected chi connectivity index (χ1v) is 7.54. The van der Waals surface area contributed by atoms with Crippen LogP contribution >= 0.6 is 15.9 Å². The van der Waals surface area contributed by atoms with Crippen LogP contribution in [0.25, 0.3) is 6.08 Å². The summed E-state index contributed by atoms with van der Waals surface area (Å²) < 4.78 is 0.805. The van der Waals surface area contributed by atoms with Crippen LogP contribution in [0.5, 0.6) is 0 Å².